The van der Waals surface area contributed by atoms with Gasteiger partial charge >= 0.3 is 0 Å². The molecular formula is C12H19BrClNO3. The Morgan fingerprint density at radius 2 is 2.11 bits per heavy atom. The Morgan fingerprint density at radius 1 is 1.39 bits per heavy atom. The number of methoxy groups -OCH3 is 1. The lowest BCUT2D eigenvalue weighted by Gasteiger charge is -2.13. The first-order valence-electron chi connectivity index (χ1n) is 5.43. The van der Waals surface area contributed by atoms with Crippen LogP contribution in [0.2, 0.25) is 0 Å². The summed E-state index contributed by atoms with van der Waals surface area (Å²) in [5.74, 6) is 1.40. The third-order valence-corrected chi connectivity index (χ3v) is 2.62. The molecule has 6 heteroatoms. The molecule has 1 aromatic carbocycles. The maximum atomic E-state index is 8.91. The molecule has 3 N–H and O–H groups in total. The summed E-state index contributed by atoms with van der Waals surface area (Å²) in [6, 6.07) is 5.44. The number of nitrogens with two attached hydrogens (primary N) is 1. The fraction of sp³-hybridized carbons (Fsp3) is 0.500. The Balaban J connectivity index is 0.00000289. The summed E-state index contributed by atoms with van der Waals surface area (Å²) in [5.41, 5.74) is 6.71. The summed E-state index contributed by atoms with van der Waals surface area (Å²) in [6.45, 7) is 0.565. The molecule has 0 spiro atoms. The van der Waals surface area contributed by atoms with Gasteiger partial charge in [-0.2, -0.15) is 0 Å². The van der Waals surface area contributed by atoms with E-state index in [2.05, 4.69) is 15.9 Å². The van der Waals surface area contributed by atoms with Crippen molar-refractivity contribution >= 4 is 28.3 Å². The summed E-state index contributed by atoms with van der Waals surface area (Å²) < 4.78 is 10.8. The van der Waals surface area contributed by atoms with E-state index in [0.717, 1.165) is 10.9 Å². The second-order valence-corrected chi connectivity index (χ2v) is 4.46. The zero-order valence-corrected chi connectivity index (χ0v) is 12.7. The normalized spacial score (nSPS) is 11.6. The molecule has 4 nitrogen and oxygen atoms in total. The van der Waals surface area contributed by atoms with Gasteiger partial charge in [0, 0.05) is 11.4 Å². The highest BCUT2D eigenvalue weighted by Crippen LogP contribution is 2.28. The number of aliphatic hydroxyl groups is 1. The number of alkyl halides is 1. The van der Waals surface area contributed by atoms with E-state index >= 15 is 0 Å². The topological polar surface area (TPSA) is 64.7 Å². The predicted molar refractivity (Wildman–Crippen MR) is 78.3 cm³/mol. The lowest BCUT2D eigenvalue weighted by Crippen LogP contribution is -2.26. The molecule has 0 bridgehead atoms. The maximum Gasteiger partial charge on any atom is 0.161 e. The Hall–Kier alpha value is -0.490. The number of hydrogen-bond donors (Lipinski definition) is 2. The molecule has 0 fully saturated rings. The summed E-state index contributed by atoms with van der Waals surface area (Å²) >= 11 is 3.30. The quantitative estimate of drug-likeness (QED) is 0.742. The molecule has 0 aliphatic carbocycles. The first-order valence-corrected chi connectivity index (χ1v) is 6.55. The smallest absolute Gasteiger partial charge is 0.161 e. The van der Waals surface area contributed by atoms with Gasteiger partial charge < -0.3 is 20.3 Å². The van der Waals surface area contributed by atoms with Gasteiger partial charge in [-0.05, 0) is 24.1 Å². The minimum atomic E-state index is -0.242. The van der Waals surface area contributed by atoms with Gasteiger partial charge in [-0.1, -0.05) is 22.0 Å². The molecule has 0 saturated carbocycles. The van der Waals surface area contributed by atoms with Crippen molar-refractivity contribution in [3.05, 3.63) is 23.8 Å². The van der Waals surface area contributed by atoms with Gasteiger partial charge in [0.15, 0.2) is 11.5 Å². The average molecular weight is 341 g/mol. The molecular weight excluding hydrogens is 321 g/mol. The van der Waals surface area contributed by atoms with Crippen LogP contribution in [0.15, 0.2) is 18.2 Å². The van der Waals surface area contributed by atoms with Crippen LogP contribution in [0, 0.1) is 0 Å². The fourth-order valence-electron chi connectivity index (χ4n) is 1.47. The molecule has 18 heavy (non-hydrogen) atoms. The van der Waals surface area contributed by atoms with Crippen molar-refractivity contribution in [3.8, 4) is 11.5 Å². The molecule has 0 amide bonds. The first-order chi connectivity index (χ1) is 8.21. The van der Waals surface area contributed by atoms with Crippen molar-refractivity contribution < 1.29 is 14.6 Å². The minimum absolute atomic E-state index is 0. The second-order valence-electron chi connectivity index (χ2n) is 3.67. The van der Waals surface area contributed by atoms with Crippen LogP contribution in [0.1, 0.15) is 5.56 Å². The summed E-state index contributed by atoms with van der Waals surface area (Å²) in [4.78, 5) is 0. The highest BCUT2D eigenvalue weighted by atomic mass is 79.9. The standard InChI is InChI=1S/C12H18BrNO3.ClH/c1-16-12-7-9(6-10(14)8-15)2-3-11(12)17-5-4-13;/h2-3,7,10,15H,4-6,8,14H2,1H3;1H. The largest absolute Gasteiger partial charge is 0.493 e. The zero-order chi connectivity index (χ0) is 12.7. The molecule has 1 rings (SSSR count). The number of ether oxygens (including phenoxy) is 2. The van der Waals surface area contributed by atoms with Crippen molar-refractivity contribution in [2.24, 2.45) is 5.73 Å². The Bertz CT molecular complexity index is 352. The van der Waals surface area contributed by atoms with Gasteiger partial charge in [0.25, 0.3) is 0 Å². The van der Waals surface area contributed by atoms with Crippen LogP contribution in [0.3, 0.4) is 0 Å². The number of aliphatic hydroxyl groups excluding tert-OH is 1. The Kier molecular flexibility index (Phi) is 9.18. The van der Waals surface area contributed by atoms with E-state index in [-0.39, 0.29) is 25.1 Å². The Morgan fingerprint density at radius 3 is 2.67 bits per heavy atom. The SMILES string of the molecule is COc1cc(CC(N)CO)ccc1OCCBr.Cl. The van der Waals surface area contributed by atoms with E-state index in [9.17, 15) is 0 Å². The molecule has 0 radical (unpaired) electrons. The molecule has 0 aliphatic rings. The number of hydrogen-bond acceptors (Lipinski definition) is 4. The van der Waals surface area contributed by atoms with Crippen LogP contribution in [-0.4, -0.2) is 36.8 Å². The number of halogens is 2. The minimum Gasteiger partial charge on any atom is -0.493 e. The van der Waals surface area contributed by atoms with Crippen LogP contribution in [0.5, 0.6) is 11.5 Å². The molecule has 0 heterocycles. The van der Waals surface area contributed by atoms with Crippen molar-refractivity contribution in [1.82, 2.24) is 0 Å². The molecule has 104 valence electrons. The third kappa shape index (κ3) is 5.44. The zero-order valence-electron chi connectivity index (χ0n) is 10.3. The molecule has 0 saturated heterocycles. The van der Waals surface area contributed by atoms with Crippen molar-refractivity contribution in [1.29, 1.82) is 0 Å². The van der Waals surface area contributed by atoms with Crippen molar-refractivity contribution in [2.75, 3.05) is 25.7 Å². The monoisotopic (exact) mass is 339 g/mol. The second kappa shape index (κ2) is 9.44. The van der Waals surface area contributed by atoms with Gasteiger partial charge in [0.2, 0.25) is 0 Å². The summed E-state index contributed by atoms with van der Waals surface area (Å²) in [6.07, 6.45) is 0.617. The summed E-state index contributed by atoms with van der Waals surface area (Å²) in [5, 5.41) is 9.68. The fourth-order valence-corrected chi connectivity index (χ4v) is 1.64. The van der Waals surface area contributed by atoms with Crippen molar-refractivity contribution in [2.45, 2.75) is 12.5 Å². The molecule has 1 aromatic rings. The Labute approximate surface area is 122 Å². The molecule has 1 atom stereocenters. The van der Waals surface area contributed by atoms with Gasteiger partial charge in [0.05, 0.1) is 20.3 Å². The van der Waals surface area contributed by atoms with E-state index in [4.69, 9.17) is 20.3 Å². The highest BCUT2D eigenvalue weighted by Gasteiger charge is 2.08. The molecule has 0 aliphatic heterocycles. The summed E-state index contributed by atoms with van der Waals surface area (Å²) in [7, 11) is 1.60. The van der Waals surface area contributed by atoms with Crippen LogP contribution in [0.25, 0.3) is 0 Å². The number of rotatable bonds is 7. The highest BCUT2D eigenvalue weighted by molar-refractivity contribution is 9.09. The predicted octanol–water partition coefficient (Wildman–Crippen LogP) is 1.75. The van der Waals surface area contributed by atoms with Crippen LogP contribution < -0.4 is 15.2 Å². The van der Waals surface area contributed by atoms with Crippen LogP contribution in [-0.2, 0) is 6.42 Å². The average Bonchev–Trinajstić information content (AvgIpc) is 2.36. The lowest BCUT2D eigenvalue weighted by molar-refractivity contribution is 0.265. The molecule has 1 unspecified atom stereocenters. The van der Waals surface area contributed by atoms with Gasteiger partial charge in [0.1, 0.15) is 0 Å². The molecule has 0 aromatic heterocycles. The lowest BCUT2D eigenvalue weighted by atomic mass is 10.1. The van der Waals surface area contributed by atoms with E-state index in [1.54, 1.807) is 7.11 Å². The van der Waals surface area contributed by atoms with E-state index in [1.807, 2.05) is 18.2 Å². The van der Waals surface area contributed by atoms with Gasteiger partial charge in [-0.15, -0.1) is 12.4 Å². The van der Waals surface area contributed by atoms with E-state index in [0.29, 0.717) is 24.5 Å². The third-order valence-electron chi connectivity index (χ3n) is 2.30. The van der Waals surface area contributed by atoms with Gasteiger partial charge in [-0.3, -0.25) is 0 Å². The first kappa shape index (κ1) is 17.5. The van der Waals surface area contributed by atoms with Gasteiger partial charge in [-0.25, -0.2) is 0 Å². The van der Waals surface area contributed by atoms with E-state index < -0.39 is 0 Å². The van der Waals surface area contributed by atoms with E-state index in [1.165, 1.54) is 0 Å². The maximum absolute atomic E-state index is 8.91. The number of benzene rings is 1. The van der Waals surface area contributed by atoms with Crippen molar-refractivity contribution in [3.63, 3.8) is 0 Å². The van der Waals surface area contributed by atoms with Crippen LogP contribution >= 0.6 is 28.3 Å². The van der Waals surface area contributed by atoms with Crippen LogP contribution in [0.4, 0.5) is 0 Å².